The van der Waals surface area contributed by atoms with Gasteiger partial charge in [0.15, 0.2) is 0 Å². The van der Waals surface area contributed by atoms with Crippen LogP contribution in [0.4, 0.5) is 0 Å². The van der Waals surface area contributed by atoms with Crippen LogP contribution in [-0.2, 0) is 0 Å². The topological polar surface area (TPSA) is 74.6 Å². The molecule has 0 atom stereocenters. The Morgan fingerprint density at radius 1 is 1.06 bits per heavy atom. The zero-order chi connectivity index (χ0) is 13.3. The van der Waals surface area contributed by atoms with E-state index >= 15 is 0 Å². The number of carboxylic acids is 2. The maximum absolute atomic E-state index is 11.3. The lowest BCUT2D eigenvalue weighted by Gasteiger charge is -2.17. The third kappa shape index (κ3) is 2.17. The van der Waals surface area contributed by atoms with E-state index in [1.54, 1.807) is 6.92 Å². The lowest BCUT2D eigenvalue weighted by molar-refractivity contribution is 0.0693. The van der Waals surface area contributed by atoms with Gasteiger partial charge in [-0.3, -0.25) is 0 Å². The van der Waals surface area contributed by atoms with Gasteiger partial charge in [-0.15, -0.1) is 0 Å². The van der Waals surface area contributed by atoms with Crippen LogP contribution in [0, 0.1) is 6.92 Å². The molecule has 0 aromatic heterocycles. The molecule has 1 heterocycles. The fraction of sp³-hybridized carbons (Fsp3) is 0.0769. The first-order valence-electron chi connectivity index (χ1n) is 5.25. The van der Waals surface area contributed by atoms with Crippen LogP contribution in [0.15, 0.2) is 40.0 Å². The number of aromatic carboxylic acids is 2. The molecule has 0 unspecified atom stereocenters. The quantitative estimate of drug-likeness (QED) is 0.734. The maximum Gasteiger partial charge on any atom is 0.336 e. The number of thiol groups is 1. The molecule has 0 spiro atoms. The van der Waals surface area contributed by atoms with Gasteiger partial charge in [-0.1, -0.05) is 12.2 Å². The van der Waals surface area contributed by atoms with Crippen LogP contribution < -0.4 is 0 Å². The Morgan fingerprint density at radius 2 is 1.67 bits per heavy atom. The van der Waals surface area contributed by atoms with E-state index in [1.165, 1.54) is 12.1 Å². The van der Waals surface area contributed by atoms with Crippen molar-refractivity contribution in [1.29, 1.82) is 0 Å². The van der Waals surface area contributed by atoms with Gasteiger partial charge in [0.1, 0.15) is 0 Å². The molecule has 4 nitrogen and oxygen atoms in total. The van der Waals surface area contributed by atoms with E-state index in [4.69, 9.17) is 5.11 Å². The molecule has 5 heteroatoms. The van der Waals surface area contributed by atoms with Crippen molar-refractivity contribution in [1.82, 2.24) is 0 Å². The van der Waals surface area contributed by atoms with Gasteiger partial charge in [0, 0.05) is 4.90 Å². The summed E-state index contributed by atoms with van der Waals surface area (Å²) in [6, 6.07) is 2.75. The number of hydrogen-bond donors (Lipinski definition) is 3. The van der Waals surface area contributed by atoms with Crippen molar-refractivity contribution in [2.24, 2.45) is 0 Å². The number of benzene rings is 1. The number of rotatable bonds is 3. The van der Waals surface area contributed by atoms with Crippen LogP contribution in [0.2, 0.25) is 0 Å². The lowest BCUT2D eigenvalue weighted by atomic mass is 10.1. The molecule has 0 radical (unpaired) electrons. The van der Waals surface area contributed by atoms with Gasteiger partial charge >= 0.3 is 11.9 Å². The molecule has 0 saturated carbocycles. The largest absolute Gasteiger partial charge is 0.478 e. The van der Waals surface area contributed by atoms with Gasteiger partial charge in [0.05, 0.1) is 11.1 Å². The zero-order valence-corrected chi connectivity index (χ0v) is 10.5. The molecule has 0 bridgehead atoms. The van der Waals surface area contributed by atoms with Gasteiger partial charge in [-0.25, -0.2) is 9.59 Å². The second-order valence-corrected chi connectivity index (χ2v) is 5.75. The molecule has 0 fully saturated rings. The molecule has 18 heavy (non-hydrogen) atoms. The highest BCUT2D eigenvalue weighted by atomic mass is 32.2. The highest BCUT2D eigenvalue weighted by Gasteiger charge is 2.20. The highest BCUT2D eigenvalue weighted by Crippen LogP contribution is 2.46. The van der Waals surface area contributed by atoms with E-state index in [0.717, 1.165) is 0 Å². The molecule has 2 N–H and O–H groups in total. The first-order chi connectivity index (χ1) is 8.50. The molecule has 0 aliphatic carbocycles. The molecule has 1 aliphatic heterocycles. The van der Waals surface area contributed by atoms with E-state index in [-0.39, 0.29) is 11.1 Å². The van der Waals surface area contributed by atoms with Crippen molar-refractivity contribution < 1.29 is 19.8 Å². The van der Waals surface area contributed by atoms with Gasteiger partial charge in [0.25, 0.3) is 0 Å². The minimum Gasteiger partial charge on any atom is -0.478 e. The van der Waals surface area contributed by atoms with Crippen molar-refractivity contribution in [2.45, 2.75) is 11.8 Å². The number of carboxylic acid groups (broad SMARTS) is 2. The fourth-order valence-corrected chi connectivity index (χ4v) is 3.77. The zero-order valence-electron chi connectivity index (χ0n) is 9.62. The summed E-state index contributed by atoms with van der Waals surface area (Å²) >= 11 is 0. The van der Waals surface area contributed by atoms with Gasteiger partial charge in [-0.2, -0.15) is 10.9 Å². The monoisotopic (exact) mass is 264 g/mol. The Bertz CT molecular complexity index is 575. The SMILES string of the molecule is Cc1cc(C(=O)O)cc(C(=O)O)c1[SH]1C=CC=C1. The summed E-state index contributed by atoms with van der Waals surface area (Å²) in [5, 5.41) is 22.1. The summed E-state index contributed by atoms with van der Waals surface area (Å²) in [7, 11) is -0.781. The highest BCUT2D eigenvalue weighted by molar-refractivity contribution is 8.22. The average molecular weight is 264 g/mol. The molecule has 1 aromatic carbocycles. The van der Waals surface area contributed by atoms with Crippen molar-refractivity contribution in [3.63, 3.8) is 0 Å². The van der Waals surface area contributed by atoms with Crippen LogP contribution in [0.1, 0.15) is 26.3 Å². The summed E-state index contributed by atoms with van der Waals surface area (Å²) in [4.78, 5) is 22.9. The lowest BCUT2D eigenvalue weighted by Crippen LogP contribution is -2.06. The minimum atomic E-state index is -1.11. The number of allylic oxidation sites excluding steroid dienone is 2. The Kier molecular flexibility index (Phi) is 3.25. The average Bonchev–Trinajstić information content (AvgIpc) is 2.80. The Balaban J connectivity index is 2.64. The smallest absolute Gasteiger partial charge is 0.336 e. The Labute approximate surface area is 107 Å². The van der Waals surface area contributed by atoms with Crippen molar-refractivity contribution in [3.8, 4) is 0 Å². The van der Waals surface area contributed by atoms with Crippen molar-refractivity contribution >= 4 is 22.8 Å². The summed E-state index contributed by atoms with van der Waals surface area (Å²) < 4.78 is 0. The van der Waals surface area contributed by atoms with Crippen LogP contribution >= 0.6 is 10.9 Å². The van der Waals surface area contributed by atoms with Gasteiger partial charge < -0.3 is 10.2 Å². The van der Waals surface area contributed by atoms with Gasteiger partial charge in [-0.05, 0) is 35.4 Å². The van der Waals surface area contributed by atoms with Crippen LogP contribution in [0.3, 0.4) is 0 Å². The predicted octanol–water partition coefficient (Wildman–Crippen LogP) is 2.79. The molecule has 2 rings (SSSR count). The molecular weight excluding hydrogens is 252 g/mol. The van der Waals surface area contributed by atoms with Crippen molar-refractivity contribution in [3.05, 3.63) is 51.8 Å². The summed E-state index contributed by atoms with van der Waals surface area (Å²) in [5.41, 5.74) is 0.792. The second kappa shape index (κ2) is 4.70. The first kappa shape index (κ1) is 12.4. The standard InChI is InChI=1S/C13H12O4S/c1-8-6-9(12(14)15)7-10(13(16)17)11(8)18-4-2-3-5-18/h2-7,18H,1H3,(H,14,15)(H,16,17). The van der Waals surface area contributed by atoms with E-state index in [0.29, 0.717) is 10.5 Å². The predicted molar refractivity (Wildman–Crippen MR) is 70.6 cm³/mol. The summed E-state index contributed by atoms with van der Waals surface area (Å²) in [6.45, 7) is 1.75. The molecule has 0 saturated heterocycles. The Morgan fingerprint density at radius 3 is 2.17 bits per heavy atom. The van der Waals surface area contributed by atoms with E-state index in [9.17, 15) is 14.7 Å². The number of aryl methyl sites for hydroxylation is 1. The van der Waals surface area contributed by atoms with Crippen LogP contribution in [-0.4, -0.2) is 22.2 Å². The summed E-state index contributed by atoms with van der Waals surface area (Å²) in [5.74, 6) is -2.20. The van der Waals surface area contributed by atoms with Crippen LogP contribution in [0.25, 0.3) is 0 Å². The second-order valence-electron chi connectivity index (χ2n) is 3.89. The third-order valence-corrected chi connectivity index (χ3v) is 4.74. The first-order valence-corrected chi connectivity index (χ1v) is 6.73. The number of carbonyl (C=O) groups is 2. The molecule has 94 valence electrons. The van der Waals surface area contributed by atoms with E-state index in [1.807, 2.05) is 23.0 Å². The normalized spacial score (nSPS) is 15.1. The third-order valence-electron chi connectivity index (χ3n) is 2.64. The molecule has 1 aliphatic rings. The molecule has 0 amide bonds. The maximum atomic E-state index is 11.3. The fourth-order valence-electron chi connectivity index (χ4n) is 1.89. The number of hydrogen-bond acceptors (Lipinski definition) is 2. The van der Waals surface area contributed by atoms with E-state index in [2.05, 4.69) is 0 Å². The van der Waals surface area contributed by atoms with Crippen molar-refractivity contribution in [2.75, 3.05) is 0 Å². The molecule has 1 aromatic rings. The van der Waals surface area contributed by atoms with E-state index < -0.39 is 22.8 Å². The Hall–Kier alpha value is -2.01. The minimum absolute atomic E-state index is 0.0100. The summed E-state index contributed by atoms with van der Waals surface area (Å²) in [6.07, 6.45) is 3.75. The van der Waals surface area contributed by atoms with Crippen LogP contribution in [0.5, 0.6) is 0 Å². The van der Waals surface area contributed by atoms with Gasteiger partial charge in [0.2, 0.25) is 0 Å². The molecular formula is C13H12O4S.